The molecule has 0 heterocycles. The summed E-state index contributed by atoms with van der Waals surface area (Å²) in [6.07, 6.45) is 24.3. The van der Waals surface area contributed by atoms with Gasteiger partial charge in [0.05, 0.1) is 0 Å². The van der Waals surface area contributed by atoms with Crippen molar-refractivity contribution < 1.29 is 0 Å². The van der Waals surface area contributed by atoms with Crippen molar-refractivity contribution in [3.8, 4) is 0 Å². The highest BCUT2D eigenvalue weighted by Crippen LogP contribution is 2.39. The molecule has 0 aromatic carbocycles. The van der Waals surface area contributed by atoms with Crippen LogP contribution in [0.15, 0.2) is 23.8 Å². The number of unbranched alkanes of at least 4 members (excludes halogenated alkanes) is 12. The van der Waals surface area contributed by atoms with Crippen LogP contribution < -0.4 is 0 Å². The lowest BCUT2D eigenvalue weighted by Crippen LogP contribution is -1.77. The first-order valence-corrected chi connectivity index (χ1v) is 12.9. The molecule has 0 aliphatic rings. The Morgan fingerprint density at radius 1 is 0.500 bits per heavy atom. The van der Waals surface area contributed by atoms with E-state index in [0.29, 0.717) is 0 Å². The molecule has 0 aliphatic carbocycles. The van der Waals surface area contributed by atoms with Gasteiger partial charge in [0.2, 0.25) is 0 Å². The first kappa shape index (κ1) is 22.3. The fourth-order valence-electron chi connectivity index (χ4n) is 2.47. The van der Waals surface area contributed by atoms with E-state index in [9.17, 15) is 0 Å². The standard InChI is InChI=1S/C20H40P2/c1-3-5-7-9-11-13-15-17-19-21-22-20-18-16-14-12-10-8-6-4-2/h17-22H,3-16H2,1-2H3. The average molecular weight is 342 g/mol. The van der Waals surface area contributed by atoms with E-state index in [1.165, 1.54) is 89.9 Å². The number of rotatable bonds is 17. The van der Waals surface area contributed by atoms with E-state index < -0.39 is 0 Å². The second-order valence-corrected chi connectivity index (χ2v) is 9.18. The van der Waals surface area contributed by atoms with Crippen LogP contribution in [-0.4, -0.2) is 0 Å². The van der Waals surface area contributed by atoms with E-state index in [0.717, 1.165) is 16.5 Å². The Balaban J connectivity index is 3.14. The molecule has 0 fully saturated rings. The van der Waals surface area contributed by atoms with Crippen LogP contribution in [0.1, 0.15) is 104 Å². The number of allylic oxidation sites excluding steroid dienone is 2. The van der Waals surface area contributed by atoms with Crippen LogP contribution in [0, 0.1) is 0 Å². The van der Waals surface area contributed by atoms with Crippen molar-refractivity contribution >= 4 is 16.5 Å². The first-order chi connectivity index (χ1) is 10.9. The summed E-state index contributed by atoms with van der Waals surface area (Å²) >= 11 is 0. The molecule has 22 heavy (non-hydrogen) atoms. The van der Waals surface area contributed by atoms with E-state index in [2.05, 4.69) is 37.6 Å². The number of hydrogen-bond acceptors (Lipinski definition) is 0. The van der Waals surface area contributed by atoms with E-state index in [-0.39, 0.29) is 0 Å². The lowest BCUT2D eigenvalue weighted by atomic mass is 10.1. The molecule has 2 atom stereocenters. The molecule has 0 rings (SSSR count). The molecule has 130 valence electrons. The maximum atomic E-state index is 2.42. The van der Waals surface area contributed by atoms with Gasteiger partial charge in [0.1, 0.15) is 0 Å². The molecular formula is C20H40P2. The van der Waals surface area contributed by atoms with Gasteiger partial charge < -0.3 is 0 Å². The molecule has 0 aliphatic heterocycles. The zero-order valence-corrected chi connectivity index (χ0v) is 17.2. The topological polar surface area (TPSA) is 0 Å². The van der Waals surface area contributed by atoms with Crippen molar-refractivity contribution in [1.82, 2.24) is 0 Å². The molecule has 0 bridgehead atoms. The Hall–Kier alpha value is 0.340. The molecule has 2 heteroatoms. The third-order valence-electron chi connectivity index (χ3n) is 3.93. The fourth-order valence-corrected chi connectivity index (χ4v) is 4.51. The smallest absolute Gasteiger partial charge is 0.0347 e. The highest BCUT2D eigenvalue weighted by Gasteiger charge is 1.89. The molecular weight excluding hydrogens is 302 g/mol. The van der Waals surface area contributed by atoms with E-state index in [1.54, 1.807) is 0 Å². The van der Waals surface area contributed by atoms with E-state index >= 15 is 0 Å². The summed E-state index contributed by atoms with van der Waals surface area (Å²) in [5, 5.41) is 0. The van der Waals surface area contributed by atoms with Gasteiger partial charge in [-0.25, -0.2) is 0 Å². The van der Waals surface area contributed by atoms with Crippen LogP contribution in [0.25, 0.3) is 0 Å². The van der Waals surface area contributed by atoms with Crippen LogP contribution >= 0.6 is 16.5 Å². The minimum absolute atomic E-state index is 1.02. The van der Waals surface area contributed by atoms with Crippen molar-refractivity contribution in [2.75, 3.05) is 0 Å². The average Bonchev–Trinajstić information content (AvgIpc) is 2.54. The van der Waals surface area contributed by atoms with Gasteiger partial charge in [0, 0.05) is 0 Å². The number of hydrogen-bond donors (Lipinski definition) is 0. The van der Waals surface area contributed by atoms with E-state index in [1.807, 2.05) is 0 Å². The third kappa shape index (κ3) is 20.3. The lowest BCUT2D eigenvalue weighted by Gasteiger charge is -1.98. The van der Waals surface area contributed by atoms with Crippen LogP contribution in [0.4, 0.5) is 0 Å². The second kappa shape index (κ2) is 21.3. The van der Waals surface area contributed by atoms with Gasteiger partial charge in [-0.15, -0.1) is 0 Å². The zero-order chi connectivity index (χ0) is 16.1. The van der Waals surface area contributed by atoms with E-state index in [4.69, 9.17) is 0 Å². The lowest BCUT2D eigenvalue weighted by molar-refractivity contribution is 0.611. The van der Waals surface area contributed by atoms with Gasteiger partial charge in [-0.3, -0.25) is 0 Å². The minimum atomic E-state index is 1.02. The molecule has 0 saturated carbocycles. The molecule has 0 spiro atoms. The molecule has 0 nitrogen and oxygen atoms in total. The van der Waals surface area contributed by atoms with Crippen LogP contribution in [0.3, 0.4) is 0 Å². The van der Waals surface area contributed by atoms with Crippen molar-refractivity contribution in [1.29, 1.82) is 0 Å². The van der Waals surface area contributed by atoms with Crippen LogP contribution in [-0.2, 0) is 0 Å². The van der Waals surface area contributed by atoms with Gasteiger partial charge in [-0.1, -0.05) is 118 Å². The summed E-state index contributed by atoms with van der Waals surface area (Å²) in [6, 6.07) is 0. The summed E-state index contributed by atoms with van der Waals surface area (Å²) < 4.78 is 0. The van der Waals surface area contributed by atoms with Crippen molar-refractivity contribution in [3.63, 3.8) is 0 Å². The molecule has 0 radical (unpaired) electrons. The molecule has 0 saturated heterocycles. The van der Waals surface area contributed by atoms with Crippen LogP contribution in [0.2, 0.25) is 0 Å². The monoisotopic (exact) mass is 342 g/mol. The molecule has 0 N–H and O–H groups in total. The van der Waals surface area contributed by atoms with Crippen molar-refractivity contribution in [2.45, 2.75) is 104 Å². The third-order valence-corrected chi connectivity index (χ3v) is 6.41. The predicted molar refractivity (Wildman–Crippen MR) is 111 cm³/mol. The normalized spacial score (nSPS) is 13.0. The summed E-state index contributed by atoms with van der Waals surface area (Å²) in [4.78, 5) is 0. The summed E-state index contributed by atoms with van der Waals surface area (Å²) in [7, 11) is 2.03. The van der Waals surface area contributed by atoms with Crippen LogP contribution in [0.5, 0.6) is 0 Å². The molecule has 0 aromatic heterocycles. The summed E-state index contributed by atoms with van der Waals surface area (Å²) in [5.41, 5.74) is 0. The Labute approximate surface area is 144 Å². The second-order valence-electron chi connectivity index (χ2n) is 6.21. The van der Waals surface area contributed by atoms with Crippen molar-refractivity contribution in [3.05, 3.63) is 23.8 Å². The molecule has 2 unspecified atom stereocenters. The highest BCUT2D eigenvalue weighted by atomic mass is 32.0. The first-order valence-electron chi connectivity index (χ1n) is 9.72. The SMILES string of the molecule is CCCCCCCCC=CPPC=CCCCCCCCC. The Morgan fingerprint density at radius 2 is 0.864 bits per heavy atom. The Kier molecular flexibility index (Phi) is 21.7. The fraction of sp³-hybridized carbons (Fsp3) is 0.800. The maximum absolute atomic E-state index is 2.42. The minimum Gasteiger partial charge on any atom is -0.0840 e. The Bertz CT molecular complexity index is 220. The van der Waals surface area contributed by atoms with Gasteiger partial charge in [0.15, 0.2) is 0 Å². The summed E-state index contributed by atoms with van der Waals surface area (Å²) in [5.74, 6) is 4.83. The zero-order valence-electron chi connectivity index (χ0n) is 15.2. The molecule has 0 aromatic rings. The van der Waals surface area contributed by atoms with Gasteiger partial charge >= 0.3 is 0 Å². The summed E-state index contributed by atoms with van der Waals surface area (Å²) in [6.45, 7) is 4.57. The Morgan fingerprint density at radius 3 is 1.27 bits per heavy atom. The van der Waals surface area contributed by atoms with Gasteiger partial charge in [0.25, 0.3) is 0 Å². The largest absolute Gasteiger partial charge is 0.0840 e. The molecule has 0 amide bonds. The quantitative estimate of drug-likeness (QED) is 0.183. The maximum Gasteiger partial charge on any atom is -0.0347 e. The van der Waals surface area contributed by atoms with Crippen molar-refractivity contribution in [2.24, 2.45) is 0 Å². The van der Waals surface area contributed by atoms with Gasteiger partial charge in [-0.2, -0.15) is 0 Å². The highest BCUT2D eigenvalue weighted by molar-refractivity contribution is 8.14. The van der Waals surface area contributed by atoms with Gasteiger partial charge in [-0.05, 0) is 25.7 Å². The predicted octanol–water partition coefficient (Wildman–Crippen LogP) is 8.79.